The van der Waals surface area contributed by atoms with Crippen molar-refractivity contribution in [3.8, 4) is 17.3 Å². The molecule has 0 fully saturated rings. The highest BCUT2D eigenvalue weighted by atomic mass is 16.5. The summed E-state index contributed by atoms with van der Waals surface area (Å²) < 4.78 is 7.08. The fraction of sp³-hybridized carbons (Fsp3) is 0.421. The van der Waals surface area contributed by atoms with Crippen molar-refractivity contribution in [3.05, 3.63) is 42.4 Å². The molecule has 0 aromatic carbocycles. The minimum absolute atomic E-state index is 0.0960. The molecule has 3 heterocycles. The number of nitrogens with zero attached hydrogens (tertiary/aromatic N) is 5. The molecule has 8 nitrogen and oxygen atoms in total. The van der Waals surface area contributed by atoms with Crippen LogP contribution in [0.15, 0.2) is 35.4 Å². The molecule has 1 unspecified atom stereocenters. The smallest absolute Gasteiger partial charge is 0.271 e. The first-order chi connectivity index (χ1) is 12.8. The molecular formula is C19H24N6O2. The SMILES string of the molecule is CCC(C)NC(=O)c1cn(-c2cc(-c3nc(C(C)(C)C)no3)ccn2)cn1. The van der Waals surface area contributed by atoms with Gasteiger partial charge in [0.15, 0.2) is 5.82 Å². The average molecular weight is 368 g/mol. The number of rotatable bonds is 5. The van der Waals surface area contributed by atoms with Gasteiger partial charge in [0, 0.05) is 29.4 Å². The Morgan fingerprint density at radius 1 is 1.33 bits per heavy atom. The van der Waals surface area contributed by atoms with Gasteiger partial charge in [-0.2, -0.15) is 4.98 Å². The summed E-state index contributed by atoms with van der Waals surface area (Å²) in [4.78, 5) is 25.2. The van der Waals surface area contributed by atoms with Crippen molar-refractivity contribution in [2.45, 2.75) is 52.5 Å². The molecule has 27 heavy (non-hydrogen) atoms. The van der Waals surface area contributed by atoms with Crippen LogP contribution in [0.5, 0.6) is 0 Å². The van der Waals surface area contributed by atoms with Crippen LogP contribution < -0.4 is 5.32 Å². The molecule has 0 bridgehead atoms. The van der Waals surface area contributed by atoms with Gasteiger partial charge in [-0.15, -0.1) is 0 Å². The van der Waals surface area contributed by atoms with Gasteiger partial charge in [0.1, 0.15) is 17.8 Å². The van der Waals surface area contributed by atoms with E-state index in [1.165, 1.54) is 0 Å². The average Bonchev–Trinajstić information content (AvgIpc) is 3.31. The van der Waals surface area contributed by atoms with E-state index < -0.39 is 0 Å². The molecular weight excluding hydrogens is 344 g/mol. The number of hydrogen-bond acceptors (Lipinski definition) is 6. The van der Waals surface area contributed by atoms with Gasteiger partial charge in [-0.05, 0) is 25.5 Å². The lowest BCUT2D eigenvalue weighted by atomic mass is 9.96. The molecule has 0 saturated heterocycles. The summed E-state index contributed by atoms with van der Waals surface area (Å²) in [5.74, 6) is 1.48. The molecule has 0 aliphatic carbocycles. The van der Waals surface area contributed by atoms with Crippen molar-refractivity contribution < 1.29 is 9.32 Å². The summed E-state index contributed by atoms with van der Waals surface area (Å²) in [6, 6.07) is 3.72. The summed E-state index contributed by atoms with van der Waals surface area (Å²) in [7, 11) is 0. The minimum atomic E-state index is -0.203. The van der Waals surface area contributed by atoms with E-state index in [0.29, 0.717) is 23.2 Å². The van der Waals surface area contributed by atoms with E-state index in [2.05, 4.69) is 25.4 Å². The molecule has 0 aliphatic heterocycles. The van der Waals surface area contributed by atoms with Crippen molar-refractivity contribution in [2.24, 2.45) is 0 Å². The van der Waals surface area contributed by atoms with Crippen molar-refractivity contribution in [2.75, 3.05) is 0 Å². The Morgan fingerprint density at radius 3 is 2.78 bits per heavy atom. The molecule has 3 aromatic rings. The Hall–Kier alpha value is -3.03. The van der Waals surface area contributed by atoms with Crippen LogP contribution in [0, 0.1) is 0 Å². The summed E-state index contributed by atoms with van der Waals surface area (Å²) in [6.07, 6.45) is 5.73. The zero-order valence-corrected chi connectivity index (χ0v) is 16.2. The van der Waals surface area contributed by atoms with E-state index in [-0.39, 0.29) is 17.4 Å². The molecule has 8 heteroatoms. The maximum atomic E-state index is 12.2. The van der Waals surface area contributed by atoms with E-state index >= 15 is 0 Å². The van der Waals surface area contributed by atoms with Crippen LogP contribution in [-0.2, 0) is 5.41 Å². The highest BCUT2D eigenvalue weighted by Gasteiger charge is 2.21. The summed E-state index contributed by atoms with van der Waals surface area (Å²) in [6.45, 7) is 10.0. The van der Waals surface area contributed by atoms with E-state index in [9.17, 15) is 4.79 Å². The predicted octanol–water partition coefficient (Wildman–Crippen LogP) is 3.14. The number of carbonyl (C=O) groups excluding carboxylic acids is 1. The van der Waals surface area contributed by atoms with Crippen molar-refractivity contribution in [1.29, 1.82) is 0 Å². The highest BCUT2D eigenvalue weighted by molar-refractivity contribution is 5.92. The lowest BCUT2D eigenvalue weighted by Gasteiger charge is -2.10. The first-order valence-corrected chi connectivity index (χ1v) is 8.93. The van der Waals surface area contributed by atoms with Crippen LogP contribution in [-0.4, -0.2) is 36.6 Å². The van der Waals surface area contributed by atoms with Crippen LogP contribution in [0.25, 0.3) is 17.3 Å². The van der Waals surface area contributed by atoms with Gasteiger partial charge in [0.25, 0.3) is 11.8 Å². The monoisotopic (exact) mass is 368 g/mol. The normalized spacial score (nSPS) is 12.8. The summed E-state index contributed by atoms with van der Waals surface area (Å²) >= 11 is 0. The molecule has 142 valence electrons. The first kappa shape index (κ1) is 18.8. The second-order valence-electron chi connectivity index (χ2n) is 7.52. The Kier molecular flexibility index (Phi) is 5.07. The lowest BCUT2D eigenvalue weighted by molar-refractivity contribution is 0.0934. The van der Waals surface area contributed by atoms with Crippen LogP contribution >= 0.6 is 0 Å². The Morgan fingerprint density at radius 2 is 2.11 bits per heavy atom. The maximum absolute atomic E-state index is 12.2. The summed E-state index contributed by atoms with van der Waals surface area (Å²) in [5.41, 5.74) is 0.900. The fourth-order valence-corrected chi connectivity index (χ4v) is 2.30. The highest BCUT2D eigenvalue weighted by Crippen LogP contribution is 2.24. The zero-order chi connectivity index (χ0) is 19.6. The standard InChI is InChI=1S/C19H24N6O2/c1-6-12(2)22-16(26)14-10-25(11-21-14)15-9-13(7-8-20-15)17-23-18(24-27-17)19(3,4)5/h7-12H,6H2,1-5H3,(H,22,26). The van der Waals surface area contributed by atoms with E-state index in [4.69, 9.17) is 4.52 Å². The van der Waals surface area contributed by atoms with Gasteiger partial charge in [-0.3, -0.25) is 9.36 Å². The fourth-order valence-electron chi connectivity index (χ4n) is 2.30. The topological polar surface area (TPSA) is 98.7 Å². The van der Waals surface area contributed by atoms with Crippen molar-refractivity contribution in [1.82, 2.24) is 30.0 Å². The molecule has 3 rings (SSSR count). The number of carbonyl (C=O) groups is 1. The van der Waals surface area contributed by atoms with E-state index in [1.54, 1.807) is 29.4 Å². The number of amides is 1. The quantitative estimate of drug-likeness (QED) is 0.743. The van der Waals surface area contributed by atoms with Crippen molar-refractivity contribution in [3.63, 3.8) is 0 Å². The third-order valence-electron chi connectivity index (χ3n) is 4.16. The first-order valence-electron chi connectivity index (χ1n) is 8.93. The van der Waals surface area contributed by atoms with Gasteiger partial charge in [-0.1, -0.05) is 32.9 Å². The molecule has 1 amide bonds. The largest absolute Gasteiger partial charge is 0.348 e. The Balaban J connectivity index is 1.84. The molecule has 0 aliphatic rings. The zero-order valence-electron chi connectivity index (χ0n) is 16.2. The molecule has 1 atom stereocenters. The number of hydrogen-bond donors (Lipinski definition) is 1. The van der Waals surface area contributed by atoms with Gasteiger partial charge >= 0.3 is 0 Å². The number of pyridine rings is 1. The van der Waals surface area contributed by atoms with Crippen LogP contribution in [0.1, 0.15) is 57.4 Å². The molecule has 1 N–H and O–H groups in total. The van der Waals surface area contributed by atoms with E-state index in [1.807, 2.05) is 40.7 Å². The summed E-state index contributed by atoms with van der Waals surface area (Å²) in [5, 5.41) is 6.95. The molecule has 3 aromatic heterocycles. The molecule has 0 radical (unpaired) electrons. The Labute approximate surface area is 158 Å². The van der Waals surface area contributed by atoms with Gasteiger partial charge in [0.2, 0.25) is 0 Å². The maximum Gasteiger partial charge on any atom is 0.271 e. The lowest BCUT2D eigenvalue weighted by Crippen LogP contribution is -2.32. The number of nitrogens with one attached hydrogen (secondary N) is 1. The predicted molar refractivity (Wildman–Crippen MR) is 101 cm³/mol. The number of aromatic nitrogens is 5. The third kappa shape index (κ3) is 4.21. The van der Waals surface area contributed by atoms with Gasteiger partial charge in [0.05, 0.1) is 0 Å². The van der Waals surface area contributed by atoms with Gasteiger partial charge in [-0.25, -0.2) is 9.97 Å². The van der Waals surface area contributed by atoms with Crippen LogP contribution in [0.3, 0.4) is 0 Å². The van der Waals surface area contributed by atoms with Crippen LogP contribution in [0.2, 0.25) is 0 Å². The third-order valence-corrected chi connectivity index (χ3v) is 4.16. The second kappa shape index (κ2) is 7.30. The Bertz CT molecular complexity index is 938. The second-order valence-corrected chi connectivity index (χ2v) is 7.52. The number of imidazole rings is 1. The molecule has 0 saturated carbocycles. The molecule has 0 spiro atoms. The van der Waals surface area contributed by atoms with Crippen molar-refractivity contribution >= 4 is 5.91 Å². The van der Waals surface area contributed by atoms with Gasteiger partial charge < -0.3 is 9.84 Å². The van der Waals surface area contributed by atoms with Crippen LogP contribution in [0.4, 0.5) is 0 Å². The van der Waals surface area contributed by atoms with E-state index in [0.717, 1.165) is 12.0 Å². The minimum Gasteiger partial charge on any atom is -0.348 e.